The molecule has 1 amide bonds. The molecule has 5 rings (SSSR count). The molecule has 0 saturated carbocycles. The van der Waals surface area contributed by atoms with Crippen molar-refractivity contribution in [3.05, 3.63) is 64.9 Å². The van der Waals surface area contributed by atoms with Crippen molar-refractivity contribution in [3.63, 3.8) is 0 Å². The Morgan fingerprint density at radius 1 is 1.26 bits per heavy atom. The average Bonchev–Trinajstić information content (AvgIpc) is 3.43. The van der Waals surface area contributed by atoms with Crippen LogP contribution >= 0.6 is 11.6 Å². The largest absolute Gasteiger partial charge is 0.424 e. The molecule has 1 aliphatic rings. The number of carbonyl (C=O) groups excluding carboxylic acids is 1. The quantitative estimate of drug-likeness (QED) is 0.408. The number of aryl methyl sites for hydroxylation is 2. The fourth-order valence-electron chi connectivity index (χ4n) is 4.78. The van der Waals surface area contributed by atoms with Crippen LogP contribution in [0.4, 0.5) is 6.01 Å². The van der Waals surface area contributed by atoms with E-state index in [2.05, 4.69) is 22.3 Å². The highest BCUT2D eigenvalue weighted by Gasteiger charge is 2.33. The van der Waals surface area contributed by atoms with Crippen LogP contribution in [0, 0.1) is 12.8 Å². The summed E-state index contributed by atoms with van der Waals surface area (Å²) >= 11 is 6.07. The minimum Gasteiger partial charge on any atom is -0.424 e. The molecular formula is C26H28ClN5O2. The number of rotatable bonds is 5. The van der Waals surface area contributed by atoms with E-state index in [1.807, 2.05) is 49.3 Å². The molecule has 1 aliphatic heterocycles. The molecule has 2 unspecified atom stereocenters. The summed E-state index contributed by atoms with van der Waals surface area (Å²) in [4.78, 5) is 20.4. The zero-order chi connectivity index (χ0) is 23.8. The van der Waals surface area contributed by atoms with Gasteiger partial charge in [-0.1, -0.05) is 36.2 Å². The molecule has 3 heterocycles. The number of likely N-dealkylation sites (tertiary alicyclic amines) is 1. The summed E-state index contributed by atoms with van der Waals surface area (Å²) in [6.07, 6.45) is 5.80. The number of halogens is 1. The van der Waals surface area contributed by atoms with E-state index in [4.69, 9.17) is 16.0 Å². The van der Waals surface area contributed by atoms with Crippen molar-refractivity contribution < 1.29 is 9.21 Å². The molecule has 1 fully saturated rings. The number of piperidine rings is 1. The van der Waals surface area contributed by atoms with Crippen molar-refractivity contribution >= 4 is 34.6 Å². The topological polar surface area (TPSA) is 76.2 Å². The second-order valence-corrected chi connectivity index (χ2v) is 9.59. The van der Waals surface area contributed by atoms with Gasteiger partial charge in [0, 0.05) is 48.5 Å². The van der Waals surface area contributed by atoms with Gasteiger partial charge in [-0.3, -0.25) is 9.48 Å². The van der Waals surface area contributed by atoms with Crippen LogP contribution in [0.3, 0.4) is 0 Å². The number of nitrogens with one attached hydrogen (secondary N) is 1. The number of benzene rings is 2. The minimum absolute atomic E-state index is 0.0158. The fourth-order valence-corrected chi connectivity index (χ4v) is 4.94. The van der Waals surface area contributed by atoms with Crippen LogP contribution in [0.1, 0.15) is 35.7 Å². The molecule has 4 aromatic rings. The predicted molar refractivity (Wildman–Crippen MR) is 134 cm³/mol. The lowest BCUT2D eigenvalue weighted by Crippen LogP contribution is -2.51. The molecule has 7 nitrogen and oxygen atoms in total. The van der Waals surface area contributed by atoms with Gasteiger partial charge in [0.2, 0.25) is 0 Å². The Morgan fingerprint density at radius 3 is 2.91 bits per heavy atom. The first-order chi connectivity index (χ1) is 16.4. The predicted octanol–water partition coefficient (Wildman–Crippen LogP) is 5.54. The SMILES string of the molecule is Cc1ccc(-c2cnn(C)c2)c(C(=O)N2CCCC(C)C2CNc2nc3ccc(Cl)cc3o2)c1. The van der Waals surface area contributed by atoms with Crippen LogP contribution < -0.4 is 5.32 Å². The number of carbonyl (C=O) groups is 1. The van der Waals surface area contributed by atoms with Crippen molar-refractivity contribution in [3.8, 4) is 11.1 Å². The third-order valence-corrected chi connectivity index (χ3v) is 6.85. The van der Waals surface area contributed by atoms with Crippen molar-refractivity contribution in [2.75, 3.05) is 18.4 Å². The maximum atomic E-state index is 13.9. The highest BCUT2D eigenvalue weighted by Crippen LogP contribution is 2.30. The van der Waals surface area contributed by atoms with Crippen molar-refractivity contribution in [2.45, 2.75) is 32.7 Å². The van der Waals surface area contributed by atoms with Crippen LogP contribution in [0.15, 0.2) is 53.2 Å². The number of oxazole rings is 1. The second kappa shape index (κ2) is 9.14. The van der Waals surface area contributed by atoms with Gasteiger partial charge in [-0.2, -0.15) is 10.1 Å². The Bertz CT molecular complexity index is 1340. The first-order valence-corrected chi connectivity index (χ1v) is 12.0. The first kappa shape index (κ1) is 22.5. The summed E-state index contributed by atoms with van der Waals surface area (Å²) in [5.74, 6) is 0.390. The standard InChI is InChI=1S/C26H28ClN5O2/c1-16-6-8-20(18-13-29-31(3)15-18)21(11-16)25(33)32-10-4-5-17(2)23(32)14-28-26-30-22-9-7-19(27)12-24(22)34-26/h6-9,11-13,15,17,23H,4-5,10,14H2,1-3H3,(H,28,30). The average molecular weight is 478 g/mol. The molecule has 176 valence electrons. The number of fused-ring (bicyclic) bond motifs is 1. The number of nitrogens with zero attached hydrogens (tertiary/aromatic N) is 4. The normalized spacial score (nSPS) is 18.4. The van der Waals surface area contributed by atoms with E-state index < -0.39 is 0 Å². The molecule has 34 heavy (non-hydrogen) atoms. The summed E-state index contributed by atoms with van der Waals surface area (Å²) in [6.45, 7) is 5.50. The van der Waals surface area contributed by atoms with Gasteiger partial charge in [0.15, 0.2) is 5.58 Å². The molecule has 2 atom stereocenters. The zero-order valence-electron chi connectivity index (χ0n) is 19.6. The molecule has 0 bridgehead atoms. The molecule has 1 saturated heterocycles. The van der Waals surface area contributed by atoms with E-state index in [9.17, 15) is 4.79 Å². The monoisotopic (exact) mass is 477 g/mol. The van der Waals surface area contributed by atoms with Gasteiger partial charge >= 0.3 is 0 Å². The summed E-state index contributed by atoms with van der Waals surface area (Å²) < 4.78 is 7.59. The smallest absolute Gasteiger partial charge is 0.295 e. The molecule has 2 aromatic heterocycles. The lowest BCUT2D eigenvalue weighted by molar-refractivity contribution is 0.0540. The Labute approximate surface area is 203 Å². The Kier molecular flexibility index (Phi) is 6.04. The number of amides is 1. The van der Waals surface area contributed by atoms with Gasteiger partial charge in [-0.05, 0) is 49.4 Å². The first-order valence-electron chi connectivity index (χ1n) is 11.6. The lowest BCUT2D eigenvalue weighted by Gasteiger charge is -2.40. The molecule has 1 N–H and O–H groups in total. The number of anilines is 1. The van der Waals surface area contributed by atoms with Gasteiger partial charge in [0.05, 0.1) is 12.2 Å². The maximum absolute atomic E-state index is 13.9. The highest BCUT2D eigenvalue weighted by atomic mass is 35.5. The molecule has 2 aromatic carbocycles. The van der Waals surface area contributed by atoms with Crippen molar-refractivity contribution in [1.82, 2.24) is 19.7 Å². The zero-order valence-corrected chi connectivity index (χ0v) is 20.3. The van der Waals surface area contributed by atoms with E-state index in [1.165, 1.54) is 0 Å². The van der Waals surface area contributed by atoms with Crippen LogP contribution in [0.2, 0.25) is 5.02 Å². The Balaban J connectivity index is 1.41. The third kappa shape index (κ3) is 4.40. The summed E-state index contributed by atoms with van der Waals surface area (Å²) in [5.41, 5.74) is 5.00. The van der Waals surface area contributed by atoms with E-state index in [0.29, 0.717) is 34.6 Å². The van der Waals surface area contributed by atoms with Crippen molar-refractivity contribution in [1.29, 1.82) is 0 Å². The van der Waals surface area contributed by atoms with E-state index in [-0.39, 0.29) is 11.9 Å². The van der Waals surface area contributed by atoms with Crippen LogP contribution in [-0.2, 0) is 7.05 Å². The van der Waals surface area contributed by atoms with Crippen LogP contribution in [-0.4, -0.2) is 44.7 Å². The van der Waals surface area contributed by atoms with Gasteiger partial charge in [0.25, 0.3) is 11.9 Å². The van der Waals surface area contributed by atoms with Gasteiger partial charge < -0.3 is 14.6 Å². The van der Waals surface area contributed by atoms with Crippen LogP contribution in [0.25, 0.3) is 22.2 Å². The lowest BCUT2D eigenvalue weighted by atomic mass is 9.89. The number of hydrogen-bond acceptors (Lipinski definition) is 5. The molecule has 0 aliphatic carbocycles. The minimum atomic E-state index is 0.0158. The summed E-state index contributed by atoms with van der Waals surface area (Å²) in [7, 11) is 1.88. The molecule has 8 heteroatoms. The number of aromatic nitrogens is 3. The number of hydrogen-bond donors (Lipinski definition) is 1. The van der Waals surface area contributed by atoms with E-state index >= 15 is 0 Å². The third-order valence-electron chi connectivity index (χ3n) is 6.61. The molecule has 0 radical (unpaired) electrons. The van der Waals surface area contributed by atoms with Crippen molar-refractivity contribution in [2.24, 2.45) is 13.0 Å². The van der Waals surface area contributed by atoms with Crippen LogP contribution in [0.5, 0.6) is 0 Å². The Morgan fingerprint density at radius 2 is 2.12 bits per heavy atom. The van der Waals surface area contributed by atoms with Gasteiger partial charge in [0.1, 0.15) is 5.52 Å². The van der Waals surface area contributed by atoms with Gasteiger partial charge in [-0.15, -0.1) is 0 Å². The highest BCUT2D eigenvalue weighted by molar-refractivity contribution is 6.31. The Hall–Kier alpha value is -3.32. The van der Waals surface area contributed by atoms with Gasteiger partial charge in [-0.25, -0.2) is 0 Å². The molecular weight excluding hydrogens is 450 g/mol. The molecule has 0 spiro atoms. The summed E-state index contributed by atoms with van der Waals surface area (Å²) in [6, 6.07) is 11.9. The maximum Gasteiger partial charge on any atom is 0.295 e. The summed E-state index contributed by atoms with van der Waals surface area (Å²) in [5, 5.41) is 8.23. The second-order valence-electron chi connectivity index (χ2n) is 9.15. The fraction of sp³-hybridized carbons (Fsp3) is 0.346. The van der Waals surface area contributed by atoms with E-state index in [0.717, 1.165) is 41.6 Å². The van der Waals surface area contributed by atoms with E-state index in [1.54, 1.807) is 23.0 Å².